The minimum atomic E-state index is 0.229. The van der Waals surface area contributed by atoms with Crippen molar-refractivity contribution in [3.05, 3.63) is 22.6 Å². The predicted octanol–water partition coefficient (Wildman–Crippen LogP) is 2.71. The first kappa shape index (κ1) is 11.2. The molecule has 1 fully saturated rings. The van der Waals surface area contributed by atoms with Crippen LogP contribution in [0.4, 0.5) is 0 Å². The van der Waals surface area contributed by atoms with Crippen LogP contribution in [0.15, 0.2) is 16.7 Å². The zero-order chi connectivity index (χ0) is 11.8. The molecule has 0 spiro atoms. The maximum atomic E-state index is 6.17. The Morgan fingerprint density at radius 2 is 2.18 bits per heavy atom. The van der Waals surface area contributed by atoms with Crippen molar-refractivity contribution in [1.82, 2.24) is 15.0 Å². The molecule has 3 rings (SSSR count). The molecule has 2 unspecified atom stereocenters. The molecule has 5 heteroatoms. The van der Waals surface area contributed by atoms with Crippen LogP contribution in [-0.4, -0.2) is 21.0 Å². The highest BCUT2D eigenvalue weighted by Gasteiger charge is 2.26. The summed E-state index contributed by atoms with van der Waals surface area (Å²) in [6.45, 7) is 0. The minimum absolute atomic E-state index is 0.229. The maximum Gasteiger partial charge on any atom is 0.177 e. The zero-order valence-electron chi connectivity index (χ0n) is 9.49. The third-order valence-electron chi connectivity index (χ3n) is 3.49. The molecule has 2 atom stereocenters. The average molecular weight is 295 g/mol. The van der Waals surface area contributed by atoms with Gasteiger partial charge in [0.1, 0.15) is 5.82 Å². The molecule has 1 aliphatic carbocycles. The van der Waals surface area contributed by atoms with E-state index in [0.717, 1.165) is 34.3 Å². The Morgan fingerprint density at radius 3 is 3.00 bits per heavy atom. The lowest BCUT2D eigenvalue weighted by Crippen LogP contribution is -2.31. The molecule has 0 saturated heterocycles. The number of H-pyrrole nitrogens is 1. The van der Waals surface area contributed by atoms with Gasteiger partial charge in [0, 0.05) is 22.6 Å². The van der Waals surface area contributed by atoms with E-state index in [2.05, 4.69) is 30.9 Å². The van der Waals surface area contributed by atoms with Gasteiger partial charge in [-0.2, -0.15) is 0 Å². The molecule has 0 aromatic carbocycles. The van der Waals surface area contributed by atoms with Gasteiger partial charge >= 0.3 is 0 Å². The van der Waals surface area contributed by atoms with Crippen LogP contribution < -0.4 is 5.73 Å². The van der Waals surface area contributed by atoms with Crippen molar-refractivity contribution in [3.63, 3.8) is 0 Å². The van der Waals surface area contributed by atoms with E-state index in [9.17, 15) is 0 Å². The van der Waals surface area contributed by atoms with Crippen LogP contribution in [-0.2, 0) is 0 Å². The van der Waals surface area contributed by atoms with Crippen LogP contribution in [0.3, 0.4) is 0 Å². The Bertz CT molecular complexity index is 536. The van der Waals surface area contributed by atoms with Gasteiger partial charge < -0.3 is 10.7 Å². The average Bonchev–Trinajstić information content (AvgIpc) is 2.72. The van der Waals surface area contributed by atoms with E-state index in [0.29, 0.717) is 5.92 Å². The van der Waals surface area contributed by atoms with E-state index < -0.39 is 0 Å². The first-order chi connectivity index (χ1) is 8.24. The smallest absolute Gasteiger partial charge is 0.177 e. The fourth-order valence-corrected chi connectivity index (χ4v) is 2.90. The van der Waals surface area contributed by atoms with Crippen molar-refractivity contribution >= 4 is 27.1 Å². The van der Waals surface area contributed by atoms with Crippen LogP contribution in [0, 0.1) is 0 Å². The Labute approximate surface area is 108 Å². The summed E-state index contributed by atoms with van der Waals surface area (Å²) in [5.41, 5.74) is 7.93. The first-order valence-electron chi connectivity index (χ1n) is 6.01. The minimum Gasteiger partial charge on any atom is -0.340 e. The van der Waals surface area contributed by atoms with Crippen molar-refractivity contribution in [2.75, 3.05) is 0 Å². The fourth-order valence-electron chi connectivity index (χ4n) is 2.57. The number of hydrogen-bond donors (Lipinski definition) is 2. The number of pyridine rings is 1. The van der Waals surface area contributed by atoms with Gasteiger partial charge in [0.15, 0.2) is 5.65 Å². The molecule has 2 heterocycles. The van der Waals surface area contributed by atoms with Gasteiger partial charge in [0.2, 0.25) is 0 Å². The third kappa shape index (κ3) is 2.09. The normalized spacial score (nSPS) is 25.3. The second-order valence-corrected chi connectivity index (χ2v) is 5.62. The molecule has 2 aromatic heterocycles. The molecular formula is C12H15BrN4. The van der Waals surface area contributed by atoms with Crippen molar-refractivity contribution < 1.29 is 0 Å². The molecule has 0 amide bonds. The molecule has 1 saturated carbocycles. The third-order valence-corrected chi connectivity index (χ3v) is 3.93. The van der Waals surface area contributed by atoms with Crippen molar-refractivity contribution in [2.24, 2.45) is 5.73 Å². The summed E-state index contributed by atoms with van der Waals surface area (Å²) in [5, 5.41) is 0. The summed E-state index contributed by atoms with van der Waals surface area (Å²) < 4.78 is 0.966. The lowest BCUT2D eigenvalue weighted by atomic mass is 9.84. The summed E-state index contributed by atoms with van der Waals surface area (Å²) in [4.78, 5) is 12.2. The quantitative estimate of drug-likeness (QED) is 0.850. The molecule has 2 aromatic rings. The highest BCUT2D eigenvalue weighted by atomic mass is 79.9. The fraction of sp³-hybridized carbons (Fsp3) is 0.500. The molecule has 0 aliphatic heterocycles. The van der Waals surface area contributed by atoms with Gasteiger partial charge in [0.05, 0.1) is 5.52 Å². The van der Waals surface area contributed by atoms with E-state index in [1.54, 1.807) is 6.20 Å². The van der Waals surface area contributed by atoms with E-state index >= 15 is 0 Å². The van der Waals surface area contributed by atoms with Crippen LogP contribution in [0.5, 0.6) is 0 Å². The van der Waals surface area contributed by atoms with Crippen LogP contribution in [0.25, 0.3) is 11.2 Å². The number of hydrogen-bond acceptors (Lipinski definition) is 3. The number of nitrogens with one attached hydrogen (secondary N) is 1. The van der Waals surface area contributed by atoms with Crippen LogP contribution >= 0.6 is 15.9 Å². The van der Waals surface area contributed by atoms with Crippen LogP contribution in [0.2, 0.25) is 0 Å². The Kier molecular flexibility index (Phi) is 2.88. The highest BCUT2D eigenvalue weighted by molar-refractivity contribution is 9.10. The largest absolute Gasteiger partial charge is 0.340 e. The van der Waals surface area contributed by atoms with Gasteiger partial charge in [-0.05, 0) is 34.8 Å². The van der Waals surface area contributed by atoms with E-state index in [1.807, 2.05) is 6.07 Å². The van der Waals surface area contributed by atoms with Gasteiger partial charge in [-0.1, -0.05) is 12.8 Å². The summed E-state index contributed by atoms with van der Waals surface area (Å²) in [7, 11) is 0. The highest BCUT2D eigenvalue weighted by Crippen LogP contribution is 2.31. The monoisotopic (exact) mass is 294 g/mol. The summed E-state index contributed by atoms with van der Waals surface area (Å²) >= 11 is 3.41. The number of rotatable bonds is 1. The van der Waals surface area contributed by atoms with Gasteiger partial charge in [-0.3, -0.25) is 0 Å². The summed E-state index contributed by atoms with van der Waals surface area (Å²) in [5.74, 6) is 1.36. The van der Waals surface area contributed by atoms with Crippen molar-refractivity contribution in [3.8, 4) is 0 Å². The lowest BCUT2D eigenvalue weighted by Gasteiger charge is -2.26. The molecule has 0 bridgehead atoms. The van der Waals surface area contributed by atoms with E-state index in [-0.39, 0.29) is 6.04 Å². The molecular weight excluding hydrogens is 280 g/mol. The van der Waals surface area contributed by atoms with Gasteiger partial charge in [0.25, 0.3) is 0 Å². The molecule has 3 N–H and O–H groups in total. The van der Waals surface area contributed by atoms with Crippen molar-refractivity contribution in [2.45, 2.75) is 37.6 Å². The number of nitrogens with zero attached hydrogens (tertiary/aromatic N) is 2. The molecule has 17 heavy (non-hydrogen) atoms. The number of imidazole rings is 1. The number of fused-ring (bicyclic) bond motifs is 1. The number of aromatic amines is 1. The maximum absolute atomic E-state index is 6.17. The zero-order valence-corrected chi connectivity index (χ0v) is 11.1. The predicted molar refractivity (Wildman–Crippen MR) is 70.8 cm³/mol. The van der Waals surface area contributed by atoms with E-state index in [4.69, 9.17) is 5.73 Å². The van der Waals surface area contributed by atoms with Gasteiger partial charge in [-0.25, -0.2) is 9.97 Å². The number of nitrogens with two attached hydrogens (primary N) is 1. The lowest BCUT2D eigenvalue weighted by molar-refractivity contribution is 0.375. The Hall–Kier alpha value is -0.940. The van der Waals surface area contributed by atoms with Crippen molar-refractivity contribution in [1.29, 1.82) is 0 Å². The Morgan fingerprint density at radius 1 is 1.35 bits per heavy atom. The summed E-state index contributed by atoms with van der Waals surface area (Å²) in [6.07, 6.45) is 6.48. The SMILES string of the molecule is NC1CCCCC1c1nc2ncc(Br)cc2[nH]1. The second-order valence-electron chi connectivity index (χ2n) is 4.70. The topological polar surface area (TPSA) is 67.6 Å². The van der Waals surface area contributed by atoms with E-state index in [1.165, 1.54) is 12.8 Å². The van der Waals surface area contributed by atoms with Crippen LogP contribution in [0.1, 0.15) is 37.4 Å². The molecule has 1 aliphatic rings. The Balaban J connectivity index is 1.99. The number of halogens is 1. The second kappa shape index (κ2) is 4.38. The molecule has 4 nitrogen and oxygen atoms in total. The molecule has 90 valence electrons. The molecule has 0 radical (unpaired) electrons. The first-order valence-corrected chi connectivity index (χ1v) is 6.80. The standard InChI is InChI=1S/C12H15BrN4/c13-7-5-10-12(15-6-7)17-11(16-10)8-3-1-2-4-9(8)14/h5-6,8-9H,1-4,14H2,(H,15,16,17). The van der Waals surface area contributed by atoms with Gasteiger partial charge in [-0.15, -0.1) is 0 Å². The summed E-state index contributed by atoms with van der Waals surface area (Å²) in [6, 6.07) is 2.24. The number of aromatic nitrogens is 3.